The summed E-state index contributed by atoms with van der Waals surface area (Å²) in [5.41, 5.74) is 0.525. The number of benzene rings is 1. The van der Waals surface area contributed by atoms with Crippen molar-refractivity contribution in [2.75, 3.05) is 32.8 Å². The average Bonchev–Trinajstić information content (AvgIpc) is 3.21. The van der Waals surface area contributed by atoms with Crippen LogP contribution in [0.5, 0.6) is 0 Å². The van der Waals surface area contributed by atoms with E-state index in [1.54, 1.807) is 30.5 Å². The monoisotopic (exact) mass is 390 g/mol. The van der Waals surface area contributed by atoms with E-state index in [0.29, 0.717) is 30.3 Å². The second kappa shape index (κ2) is 9.69. The summed E-state index contributed by atoms with van der Waals surface area (Å²) in [6, 6.07) is 10.5. The molecule has 0 spiro atoms. The summed E-state index contributed by atoms with van der Waals surface area (Å²) in [6.07, 6.45) is 1.92. The highest BCUT2D eigenvalue weighted by atomic mass is 35.5. The van der Waals surface area contributed by atoms with Gasteiger partial charge in [0.05, 0.1) is 25.5 Å². The number of ether oxygens (including phenoxy) is 1. The van der Waals surface area contributed by atoms with Crippen LogP contribution in [-0.4, -0.2) is 49.4 Å². The second-order valence-electron chi connectivity index (χ2n) is 6.42. The molecule has 1 aromatic carbocycles. The zero-order chi connectivity index (χ0) is 19.1. The van der Waals surface area contributed by atoms with Gasteiger partial charge in [0.2, 0.25) is 5.91 Å². The fourth-order valence-electron chi connectivity index (χ4n) is 3.11. The standard InChI is InChI=1S/C20H23ClN2O4/c21-16-4-1-3-15(13-16)18(24)6-7-20(25)22-14-17(19-5-2-10-27-19)23-8-11-26-12-9-23/h1-5,10,13,17H,6-9,11-12,14H2,(H,22,25). The van der Waals surface area contributed by atoms with E-state index in [9.17, 15) is 9.59 Å². The summed E-state index contributed by atoms with van der Waals surface area (Å²) in [7, 11) is 0. The molecule has 1 N–H and O–H groups in total. The van der Waals surface area contributed by atoms with Gasteiger partial charge in [0, 0.05) is 43.1 Å². The number of nitrogens with zero attached hydrogens (tertiary/aromatic N) is 1. The van der Waals surface area contributed by atoms with Gasteiger partial charge in [-0.05, 0) is 24.3 Å². The number of ketones is 1. The van der Waals surface area contributed by atoms with E-state index in [4.69, 9.17) is 20.8 Å². The van der Waals surface area contributed by atoms with Crippen LogP contribution in [0.2, 0.25) is 5.02 Å². The third-order valence-corrected chi connectivity index (χ3v) is 4.81. The van der Waals surface area contributed by atoms with Crippen molar-refractivity contribution in [2.45, 2.75) is 18.9 Å². The minimum absolute atomic E-state index is 0.0449. The second-order valence-corrected chi connectivity index (χ2v) is 6.85. The van der Waals surface area contributed by atoms with E-state index in [-0.39, 0.29) is 30.6 Å². The smallest absolute Gasteiger partial charge is 0.220 e. The molecule has 1 unspecified atom stereocenters. The van der Waals surface area contributed by atoms with Crippen molar-refractivity contribution in [2.24, 2.45) is 0 Å². The molecule has 2 aromatic rings. The average molecular weight is 391 g/mol. The number of morpholine rings is 1. The van der Waals surface area contributed by atoms with E-state index in [2.05, 4.69) is 10.2 Å². The Hall–Kier alpha value is -2.15. The molecule has 1 fully saturated rings. The summed E-state index contributed by atoms with van der Waals surface area (Å²) in [6.45, 7) is 3.33. The maximum Gasteiger partial charge on any atom is 0.220 e. The number of rotatable bonds is 8. The van der Waals surface area contributed by atoms with Crippen LogP contribution in [0.25, 0.3) is 0 Å². The molecule has 1 aromatic heterocycles. The van der Waals surface area contributed by atoms with Crippen LogP contribution >= 0.6 is 11.6 Å². The zero-order valence-electron chi connectivity index (χ0n) is 15.0. The Balaban J connectivity index is 1.51. The van der Waals surface area contributed by atoms with Gasteiger partial charge in [-0.1, -0.05) is 23.7 Å². The number of hydrogen-bond donors (Lipinski definition) is 1. The summed E-state index contributed by atoms with van der Waals surface area (Å²) in [5, 5.41) is 3.44. The van der Waals surface area contributed by atoms with Crippen molar-refractivity contribution in [1.29, 1.82) is 0 Å². The molecule has 27 heavy (non-hydrogen) atoms. The molecule has 1 aliphatic rings. The van der Waals surface area contributed by atoms with Crippen LogP contribution in [0.3, 0.4) is 0 Å². The lowest BCUT2D eigenvalue weighted by atomic mass is 10.1. The molecular formula is C20H23ClN2O4. The van der Waals surface area contributed by atoms with Crippen LogP contribution in [0.1, 0.15) is 35.0 Å². The van der Waals surface area contributed by atoms with Gasteiger partial charge in [0.15, 0.2) is 5.78 Å². The molecule has 3 rings (SSSR count). The molecule has 0 bridgehead atoms. The molecule has 1 atom stereocenters. The summed E-state index contributed by atoms with van der Waals surface area (Å²) < 4.78 is 10.9. The normalized spacial score (nSPS) is 16.0. The highest BCUT2D eigenvalue weighted by Crippen LogP contribution is 2.21. The summed E-state index contributed by atoms with van der Waals surface area (Å²) in [4.78, 5) is 26.7. The fraction of sp³-hybridized carbons (Fsp3) is 0.400. The molecule has 2 heterocycles. The molecule has 6 nitrogen and oxygen atoms in total. The quantitative estimate of drug-likeness (QED) is 0.701. The van der Waals surface area contributed by atoms with Gasteiger partial charge in [-0.25, -0.2) is 0 Å². The van der Waals surface area contributed by atoms with Crippen LogP contribution < -0.4 is 5.32 Å². The Morgan fingerprint density at radius 1 is 1.15 bits per heavy atom. The van der Waals surface area contributed by atoms with Crippen molar-refractivity contribution < 1.29 is 18.7 Å². The molecule has 144 valence electrons. The van der Waals surface area contributed by atoms with Crippen LogP contribution in [0.15, 0.2) is 47.1 Å². The van der Waals surface area contributed by atoms with E-state index in [0.717, 1.165) is 18.8 Å². The minimum Gasteiger partial charge on any atom is -0.468 e. The van der Waals surface area contributed by atoms with Crippen molar-refractivity contribution >= 4 is 23.3 Å². The number of halogens is 1. The molecular weight excluding hydrogens is 368 g/mol. The number of nitrogens with one attached hydrogen (secondary N) is 1. The van der Waals surface area contributed by atoms with E-state index >= 15 is 0 Å². The predicted molar refractivity (Wildman–Crippen MR) is 102 cm³/mol. The van der Waals surface area contributed by atoms with Crippen LogP contribution in [0, 0.1) is 0 Å². The first kappa shape index (κ1) is 19.6. The number of Topliss-reactive ketones (excluding diaryl/α,β-unsaturated/α-hetero) is 1. The van der Waals surface area contributed by atoms with E-state index < -0.39 is 0 Å². The molecule has 1 saturated heterocycles. The zero-order valence-corrected chi connectivity index (χ0v) is 15.8. The maximum absolute atomic E-state index is 12.2. The van der Waals surface area contributed by atoms with Gasteiger partial charge in [0.1, 0.15) is 5.76 Å². The Labute approximate surface area is 163 Å². The van der Waals surface area contributed by atoms with Gasteiger partial charge in [-0.3, -0.25) is 14.5 Å². The molecule has 0 aliphatic carbocycles. The summed E-state index contributed by atoms with van der Waals surface area (Å²) >= 11 is 5.90. The molecule has 1 amide bonds. The van der Waals surface area contributed by atoms with Crippen LogP contribution in [0.4, 0.5) is 0 Å². The van der Waals surface area contributed by atoms with Gasteiger partial charge in [-0.15, -0.1) is 0 Å². The van der Waals surface area contributed by atoms with Gasteiger partial charge < -0.3 is 14.5 Å². The Bertz CT molecular complexity index is 757. The highest BCUT2D eigenvalue weighted by molar-refractivity contribution is 6.31. The van der Waals surface area contributed by atoms with Gasteiger partial charge >= 0.3 is 0 Å². The number of furan rings is 1. The van der Waals surface area contributed by atoms with E-state index in [1.807, 2.05) is 12.1 Å². The first-order valence-corrected chi connectivity index (χ1v) is 9.42. The fourth-order valence-corrected chi connectivity index (χ4v) is 3.30. The lowest BCUT2D eigenvalue weighted by molar-refractivity contribution is -0.121. The Morgan fingerprint density at radius 2 is 1.96 bits per heavy atom. The van der Waals surface area contributed by atoms with Gasteiger partial charge in [0.25, 0.3) is 0 Å². The van der Waals surface area contributed by atoms with Crippen molar-refractivity contribution in [3.63, 3.8) is 0 Å². The molecule has 1 aliphatic heterocycles. The van der Waals surface area contributed by atoms with E-state index in [1.165, 1.54) is 0 Å². The van der Waals surface area contributed by atoms with Crippen molar-refractivity contribution in [3.05, 3.63) is 59.0 Å². The molecule has 0 radical (unpaired) electrons. The van der Waals surface area contributed by atoms with Crippen molar-refractivity contribution in [3.8, 4) is 0 Å². The first-order chi connectivity index (χ1) is 13.1. The molecule has 7 heteroatoms. The largest absolute Gasteiger partial charge is 0.468 e. The topological polar surface area (TPSA) is 71.8 Å². The first-order valence-electron chi connectivity index (χ1n) is 9.04. The van der Waals surface area contributed by atoms with Gasteiger partial charge in [-0.2, -0.15) is 0 Å². The third-order valence-electron chi connectivity index (χ3n) is 4.58. The predicted octanol–water partition coefficient (Wildman–Crippen LogP) is 3.09. The number of amides is 1. The SMILES string of the molecule is O=C(CCC(=O)c1cccc(Cl)c1)NCC(c1ccco1)N1CCOCC1. The lowest BCUT2D eigenvalue weighted by Crippen LogP contribution is -2.43. The minimum atomic E-state index is -0.157. The number of carbonyl (C=O) groups excluding carboxylic acids is 2. The third kappa shape index (κ3) is 5.66. The Morgan fingerprint density at radius 3 is 2.67 bits per heavy atom. The Kier molecular flexibility index (Phi) is 7.04. The van der Waals surface area contributed by atoms with Crippen LogP contribution in [-0.2, 0) is 9.53 Å². The molecule has 0 saturated carbocycles. The lowest BCUT2D eigenvalue weighted by Gasteiger charge is -2.33. The maximum atomic E-state index is 12.2. The van der Waals surface area contributed by atoms with Crippen molar-refractivity contribution in [1.82, 2.24) is 10.2 Å². The number of hydrogen-bond acceptors (Lipinski definition) is 5. The highest BCUT2D eigenvalue weighted by Gasteiger charge is 2.25. The number of carbonyl (C=O) groups is 2. The summed E-state index contributed by atoms with van der Waals surface area (Å²) in [5.74, 6) is 0.561.